The van der Waals surface area contributed by atoms with Crippen molar-refractivity contribution in [2.24, 2.45) is 0 Å². The van der Waals surface area contributed by atoms with Crippen LogP contribution in [-0.4, -0.2) is 9.13 Å². The topological polar surface area (TPSA) is 9.86 Å². The summed E-state index contributed by atoms with van der Waals surface area (Å²) >= 11 is 0. The van der Waals surface area contributed by atoms with Gasteiger partial charge in [0, 0.05) is 32.9 Å². The van der Waals surface area contributed by atoms with E-state index >= 15 is 0 Å². The standard InChI is InChI=1S/C57H38N2/c1-37-24-31-53-49(34-37)51-36-41(28-33-55(51)58(53)42-16-6-3-7-17-42)40-27-32-54-50(35-40)44-18-12-13-23-52(44)59(54)43-29-25-39(26-30-43)57-47-21-10-8-19-45(47)56(38-14-4-2-5-15-38)46-20-9-11-22-48(46)57/h2-36H,1H3. The summed E-state index contributed by atoms with van der Waals surface area (Å²) in [6.45, 7) is 2.18. The summed E-state index contributed by atoms with van der Waals surface area (Å²) < 4.78 is 4.81. The Hall–Kier alpha value is -7.68. The van der Waals surface area contributed by atoms with Crippen LogP contribution in [0.15, 0.2) is 212 Å². The molecule has 0 bridgehead atoms. The SMILES string of the molecule is Cc1ccc2c(c1)c1cc(-c3ccc4c(c3)c3ccccc3n4-c3ccc(-c4c5ccccc5c(-c5ccccc5)c5ccccc45)cc3)ccc1n2-c1ccccc1. The lowest BCUT2D eigenvalue weighted by molar-refractivity contribution is 1.18. The molecular formula is C57H38N2. The summed E-state index contributed by atoms with van der Waals surface area (Å²) in [5, 5.41) is 10.1. The first-order valence-electron chi connectivity index (χ1n) is 20.4. The molecule has 2 heteroatoms. The van der Waals surface area contributed by atoms with Crippen molar-refractivity contribution >= 4 is 65.2 Å². The molecule has 12 aromatic rings. The second kappa shape index (κ2) is 13.2. The zero-order valence-electron chi connectivity index (χ0n) is 32.6. The van der Waals surface area contributed by atoms with Gasteiger partial charge in [0.1, 0.15) is 0 Å². The van der Waals surface area contributed by atoms with E-state index < -0.39 is 0 Å². The number of hydrogen-bond donors (Lipinski definition) is 0. The first kappa shape index (κ1) is 33.5. The minimum atomic E-state index is 1.15. The molecule has 10 aromatic carbocycles. The van der Waals surface area contributed by atoms with E-state index in [1.807, 2.05) is 0 Å². The van der Waals surface area contributed by atoms with E-state index in [1.165, 1.54) is 110 Å². The van der Waals surface area contributed by atoms with E-state index in [0.717, 1.165) is 5.69 Å². The molecule has 276 valence electrons. The van der Waals surface area contributed by atoms with Gasteiger partial charge in [-0.3, -0.25) is 0 Å². The molecule has 0 atom stereocenters. The van der Waals surface area contributed by atoms with E-state index in [0.29, 0.717) is 0 Å². The van der Waals surface area contributed by atoms with Crippen molar-refractivity contribution in [1.29, 1.82) is 0 Å². The summed E-state index contributed by atoms with van der Waals surface area (Å²) in [6.07, 6.45) is 0. The van der Waals surface area contributed by atoms with Crippen molar-refractivity contribution < 1.29 is 0 Å². The summed E-state index contributed by atoms with van der Waals surface area (Å²) in [5.41, 5.74) is 15.9. The highest BCUT2D eigenvalue weighted by Gasteiger charge is 2.19. The summed E-state index contributed by atoms with van der Waals surface area (Å²) in [4.78, 5) is 0. The fourth-order valence-electron chi connectivity index (χ4n) is 9.73. The van der Waals surface area contributed by atoms with Crippen LogP contribution in [0.5, 0.6) is 0 Å². The number of aromatic nitrogens is 2. The van der Waals surface area contributed by atoms with Crippen molar-refractivity contribution in [2.45, 2.75) is 6.92 Å². The lowest BCUT2D eigenvalue weighted by atomic mass is 9.86. The van der Waals surface area contributed by atoms with Crippen molar-refractivity contribution in [3.05, 3.63) is 218 Å². The van der Waals surface area contributed by atoms with E-state index in [2.05, 4.69) is 228 Å². The van der Waals surface area contributed by atoms with E-state index in [-0.39, 0.29) is 0 Å². The fourth-order valence-corrected chi connectivity index (χ4v) is 9.73. The molecule has 0 unspecified atom stereocenters. The van der Waals surface area contributed by atoms with Crippen LogP contribution in [0.3, 0.4) is 0 Å². The van der Waals surface area contributed by atoms with Gasteiger partial charge in [0.25, 0.3) is 0 Å². The third kappa shape index (κ3) is 5.20. The maximum atomic E-state index is 2.42. The van der Waals surface area contributed by atoms with Gasteiger partial charge >= 0.3 is 0 Å². The van der Waals surface area contributed by atoms with Crippen molar-refractivity contribution in [3.63, 3.8) is 0 Å². The molecule has 0 aliphatic rings. The fraction of sp³-hybridized carbons (Fsp3) is 0.0175. The molecule has 0 amide bonds. The average Bonchev–Trinajstić information content (AvgIpc) is 3.80. The largest absolute Gasteiger partial charge is 0.309 e. The van der Waals surface area contributed by atoms with Gasteiger partial charge in [-0.1, -0.05) is 151 Å². The molecule has 0 spiro atoms. The van der Waals surface area contributed by atoms with Crippen LogP contribution in [0.1, 0.15) is 5.56 Å². The van der Waals surface area contributed by atoms with Gasteiger partial charge in [-0.15, -0.1) is 0 Å². The van der Waals surface area contributed by atoms with Gasteiger partial charge in [-0.2, -0.15) is 0 Å². The second-order valence-corrected chi connectivity index (χ2v) is 15.8. The molecule has 0 saturated heterocycles. The van der Waals surface area contributed by atoms with E-state index in [9.17, 15) is 0 Å². The quantitative estimate of drug-likeness (QED) is 0.155. The Morgan fingerprint density at radius 2 is 0.627 bits per heavy atom. The van der Waals surface area contributed by atoms with E-state index in [1.54, 1.807) is 0 Å². The molecule has 59 heavy (non-hydrogen) atoms. The highest BCUT2D eigenvalue weighted by Crippen LogP contribution is 2.44. The Kier molecular flexibility index (Phi) is 7.48. The summed E-state index contributed by atoms with van der Waals surface area (Å²) in [7, 11) is 0. The molecule has 12 rings (SSSR count). The molecular weight excluding hydrogens is 713 g/mol. The van der Waals surface area contributed by atoms with Gasteiger partial charge in [0.15, 0.2) is 0 Å². The Bertz CT molecular complexity index is 3530. The second-order valence-electron chi connectivity index (χ2n) is 15.8. The highest BCUT2D eigenvalue weighted by atomic mass is 15.0. The van der Waals surface area contributed by atoms with Gasteiger partial charge in [-0.25, -0.2) is 0 Å². The summed E-state index contributed by atoms with van der Waals surface area (Å²) in [6, 6.07) is 78.0. The predicted octanol–water partition coefficient (Wildman–Crippen LogP) is 15.5. The molecule has 2 heterocycles. The molecule has 2 nitrogen and oxygen atoms in total. The number of para-hydroxylation sites is 2. The molecule has 0 aliphatic carbocycles. The normalized spacial score (nSPS) is 11.8. The molecule has 0 fully saturated rings. The monoisotopic (exact) mass is 750 g/mol. The molecule has 0 aliphatic heterocycles. The lowest BCUT2D eigenvalue weighted by Crippen LogP contribution is -1.95. The minimum absolute atomic E-state index is 1.15. The number of hydrogen-bond acceptors (Lipinski definition) is 0. The average molecular weight is 751 g/mol. The maximum Gasteiger partial charge on any atom is 0.0541 e. The van der Waals surface area contributed by atoms with Gasteiger partial charge in [0.05, 0.1) is 22.1 Å². The van der Waals surface area contributed by atoms with Crippen molar-refractivity contribution in [3.8, 4) is 44.8 Å². The van der Waals surface area contributed by atoms with Crippen molar-refractivity contribution in [2.75, 3.05) is 0 Å². The van der Waals surface area contributed by atoms with Crippen LogP contribution in [-0.2, 0) is 0 Å². The number of nitrogens with zero attached hydrogens (tertiary/aromatic N) is 2. The van der Waals surface area contributed by atoms with Crippen LogP contribution < -0.4 is 0 Å². The third-order valence-corrected chi connectivity index (χ3v) is 12.3. The van der Waals surface area contributed by atoms with Crippen LogP contribution in [0.25, 0.3) is 110 Å². The van der Waals surface area contributed by atoms with Crippen molar-refractivity contribution in [1.82, 2.24) is 9.13 Å². The maximum absolute atomic E-state index is 2.42. The van der Waals surface area contributed by atoms with Gasteiger partial charge in [-0.05, 0) is 129 Å². The Morgan fingerprint density at radius 1 is 0.254 bits per heavy atom. The number of aryl methyl sites for hydroxylation is 1. The molecule has 0 radical (unpaired) electrons. The number of rotatable bonds is 5. The van der Waals surface area contributed by atoms with Gasteiger partial charge in [0.2, 0.25) is 0 Å². The van der Waals surface area contributed by atoms with Crippen LogP contribution in [0, 0.1) is 6.92 Å². The molecule has 2 aromatic heterocycles. The van der Waals surface area contributed by atoms with E-state index in [4.69, 9.17) is 0 Å². The van der Waals surface area contributed by atoms with Crippen LogP contribution in [0.4, 0.5) is 0 Å². The van der Waals surface area contributed by atoms with Crippen LogP contribution >= 0.6 is 0 Å². The third-order valence-electron chi connectivity index (χ3n) is 12.3. The smallest absolute Gasteiger partial charge is 0.0541 e. The lowest BCUT2D eigenvalue weighted by Gasteiger charge is -2.18. The summed E-state index contributed by atoms with van der Waals surface area (Å²) in [5.74, 6) is 0. The first-order chi connectivity index (χ1) is 29.2. The highest BCUT2D eigenvalue weighted by molar-refractivity contribution is 6.21. The van der Waals surface area contributed by atoms with Crippen LogP contribution in [0.2, 0.25) is 0 Å². The molecule has 0 N–H and O–H groups in total. The predicted molar refractivity (Wildman–Crippen MR) is 251 cm³/mol. The zero-order chi connectivity index (χ0) is 39.0. The minimum Gasteiger partial charge on any atom is -0.309 e. The number of benzene rings is 10. The Balaban J connectivity index is 0.995. The first-order valence-corrected chi connectivity index (χ1v) is 20.4. The van der Waals surface area contributed by atoms with Gasteiger partial charge < -0.3 is 9.13 Å². The Morgan fingerprint density at radius 3 is 1.19 bits per heavy atom. The Labute approximate surface area is 342 Å². The zero-order valence-corrected chi connectivity index (χ0v) is 32.6. The number of fused-ring (bicyclic) bond motifs is 8. The molecule has 0 saturated carbocycles.